The summed E-state index contributed by atoms with van der Waals surface area (Å²) in [5.74, 6) is -0.474. The van der Waals surface area contributed by atoms with Crippen molar-refractivity contribution in [2.45, 2.75) is 0 Å². The number of nitro benzene ring substituents is 2. The minimum atomic E-state index is -0.516. The van der Waals surface area contributed by atoms with Gasteiger partial charge in [-0.3, -0.25) is 30.3 Å². The largest absolute Gasteiger partial charge is 0.297 e. The molecular formula is C17H11N5O5S. The van der Waals surface area contributed by atoms with Gasteiger partial charge in [0, 0.05) is 35.9 Å². The van der Waals surface area contributed by atoms with Crippen molar-refractivity contribution in [1.29, 1.82) is 0 Å². The van der Waals surface area contributed by atoms with Gasteiger partial charge in [-0.1, -0.05) is 23.5 Å². The topological polar surface area (TPSA) is 141 Å². The van der Waals surface area contributed by atoms with Crippen molar-refractivity contribution >= 4 is 39.8 Å². The van der Waals surface area contributed by atoms with Gasteiger partial charge in [0.1, 0.15) is 5.01 Å². The Balaban J connectivity index is 1.66. The second kappa shape index (κ2) is 8.14. The molecule has 0 unspecified atom stereocenters. The average Bonchev–Trinajstić information content (AvgIpc) is 3.15. The fraction of sp³-hybridized carbons (Fsp3) is 0. The molecule has 0 spiro atoms. The molecule has 0 aliphatic carbocycles. The van der Waals surface area contributed by atoms with Gasteiger partial charge in [-0.25, -0.2) is 0 Å². The molecule has 0 aliphatic heterocycles. The zero-order chi connectivity index (χ0) is 20.1. The third-order valence-corrected chi connectivity index (χ3v) is 4.38. The number of non-ortho nitro benzene ring substituents is 2. The summed E-state index contributed by atoms with van der Waals surface area (Å²) in [5, 5.41) is 32.5. The van der Waals surface area contributed by atoms with E-state index in [0.717, 1.165) is 11.3 Å². The van der Waals surface area contributed by atoms with Crippen molar-refractivity contribution < 1.29 is 14.6 Å². The highest BCUT2D eigenvalue weighted by atomic mass is 32.1. The highest BCUT2D eigenvalue weighted by Gasteiger charge is 2.11. The molecule has 0 bridgehead atoms. The van der Waals surface area contributed by atoms with Gasteiger partial charge in [0.25, 0.3) is 11.4 Å². The van der Waals surface area contributed by atoms with Crippen LogP contribution in [0.25, 0.3) is 16.6 Å². The van der Waals surface area contributed by atoms with Crippen LogP contribution in [-0.2, 0) is 4.79 Å². The monoisotopic (exact) mass is 397 g/mol. The van der Waals surface area contributed by atoms with Crippen molar-refractivity contribution in [2.24, 2.45) is 0 Å². The van der Waals surface area contributed by atoms with E-state index < -0.39 is 15.8 Å². The first-order chi connectivity index (χ1) is 13.4. The van der Waals surface area contributed by atoms with Crippen molar-refractivity contribution in [2.75, 3.05) is 5.32 Å². The predicted octanol–water partition coefficient (Wildman–Crippen LogP) is 3.67. The summed E-state index contributed by atoms with van der Waals surface area (Å²) >= 11 is 1.11. The number of benzene rings is 2. The van der Waals surface area contributed by atoms with Gasteiger partial charge in [-0.2, -0.15) is 0 Å². The summed E-state index contributed by atoms with van der Waals surface area (Å²) in [6.07, 6.45) is 2.67. The maximum Gasteiger partial charge on any atom is 0.270 e. The molecule has 3 aromatic rings. The molecule has 11 heteroatoms. The van der Waals surface area contributed by atoms with Crippen molar-refractivity contribution in [1.82, 2.24) is 10.2 Å². The van der Waals surface area contributed by atoms with Crippen molar-refractivity contribution in [3.05, 3.63) is 80.4 Å². The Kier molecular flexibility index (Phi) is 5.46. The lowest BCUT2D eigenvalue weighted by atomic mass is 10.2. The quantitative estimate of drug-likeness (QED) is 0.380. The first kappa shape index (κ1) is 18.8. The molecule has 10 nitrogen and oxygen atoms in total. The van der Waals surface area contributed by atoms with E-state index in [2.05, 4.69) is 15.5 Å². The minimum absolute atomic E-state index is 0.0342. The second-order valence-electron chi connectivity index (χ2n) is 5.39. The number of hydrogen-bond acceptors (Lipinski definition) is 8. The van der Waals surface area contributed by atoms with Gasteiger partial charge in [-0.15, -0.1) is 10.2 Å². The lowest BCUT2D eigenvalue weighted by Crippen LogP contribution is -2.07. The number of amides is 1. The normalized spacial score (nSPS) is 10.7. The number of hydrogen-bond donors (Lipinski definition) is 1. The smallest absolute Gasteiger partial charge is 0.270 e. The molecule has 3 rings (SSSR count). The Morgan fingerprint density at radius 1 is 1.00 bits per heavy atom. The van der Waals surface area contributed by atoms with Crippen LogP contribution in [0.15, 0.2) is 54.6 Å². The van der Waals surface area contributed by atoms with Crippen LogP contribution in [0.5, 0.6) is 0 Å². The van der Waals surface area contributed by atoms with Crippen molar-refractivity contribution in [3.8, 4) is 10.6 Å². The summed E-state index contributed by atoms with van der Waals surface area (Å²) in [5.41, 5.74) is 1.04. The lowest BCUT2D eigenvalue weighted by Gasteiger charge is -1.96. The van der Waals surface area contributed by atoms with Gasteiger partial charge >= 0.3 is 0 Å². The molecular weight excluding hydrogens is 386 g/mol. The van der Waals surface area contributed by atoms with Crippen LogP contribution in [0.4, 0.5) is 16.5 Å². The van der Waals surface area contributed by atoms with E-state index in [1.54, 1.807) is 18.2 Å². The number of anilines is 1. The third-order valence-electron chi connectivity index (χ3n) is 3.49. The summed E-state index contributed by atoms with van der Waals surface area (Å²) in [7, 11) is 0. The molecule has 0 atom stereocenters. The Hall–Kier alpha value is -3.99. The minimum Gasteiger partial charge on any atom is -0.297 e. The summed E-state index contributed by atoms with van der Waals surface area (Å²) < 4.78 is 0. The van der Waals surface area contributed by atoms with Gasteiger partial charge in [0.15, 0.2) is 0 Å². The van der Waals surface area contributed by atoms with Gasteiger partial charge in [0.05, 0.1) is 9.85 Å². The molecule has 1 heterocycles. The zero-order valence-electron chi connectivity index (χ0n) is 14.0. The van der Waals surface area contributed by atoms with Crippen LogP contribution < -0.4 is 5.32 Å². The Morgan fingerprint density at radius 3 is 2.39 bits per heavy atom. The van der Waals surface area contributed by atoms with Crippen LogP contribution in [0.1, 0.15) is 5.56 Å². The van der Waals surface area contributed by atoms with Crippen LogP contribution >= 0.6 is 11.3 Å². The number of nitrogens with zero attached hydrogens (tertiary/aromatic N) is 4. The van der Waals surface area contributed by atoms with Gasteiger partial charge in [-0.05, 0) is 23.8 Å². The molecule has 0 saturated carbocycles. The van der Waals surface area contributed by atoms with E-state index in [1.807, 2.05) is 0 Å². The fourth-order valence-corrected chi connectivity index (χ4v) is 2.93. The molecule has 1 aromatic heterocycles. The highest BCUT2D eigenvalue weighted by Crippen LogP contribution is 2.27. The summed E-state index contributed by atoms with van der Waals surface area (Å²) in [4.78, 5) is 32.4. The fourth-order valence-electron chi connectivity index (χ4n) is 2.18. The van der Waals surface area contributed by atoms with E-state index in [-0.39, 0.29) is 16.5 Å². The van der Waals surface area contributed by atoms with Crippen molar-refractivity contribution in [3.63, 3.8) is 0 Å². The summed E-state index contributed by atoms with van der Waals surface area (Å²) in [6.45, 7) is 0. The molecule has 0 radical (unpaired) electrons. The number of aromatic nitrogens is 2. The maximum absolute atomic E-state index is 12.0. The summed E-state index contributed by atoms with van der Waals surface area (Å²) in [6, 6.07) is 11.7. The SMILES string of the molecule is O=C(/C=C/c1cccc([N+](=O)[O-])c1)Nc1nnc(-c2ccc([N+](=O)[O-])cc2)s1. The van der Waals surface area contributed by atoms with Crippen LogP contribution in [0.2, 0.25) is 0 Å². The van der Waals surface area contributed by atoms with Crippen LogP contribution in [0, 0.1) is 20.2 Å². The molecule has 140 valence electrons. The van der Waals surface area contributed by atoms with E-state index in [9.17, 15) is 25.0 Å². The van der Waals surface area contributed by atoms with E-state index in [4.69, 9.17) is 0 Å². The number of nitrogens with one attached hydrogen (secondary N) is 1. The second-order valence-corrected chi connectivity index (χ2v) is 6.37. The number of nitro groups is 2. The Morgan fingerprint density at radius 2 is 1.71 bits per heavy atom. The van der Waals surface area contributed by atoms with Gasteiger partial charge < -0.3 is 0 Å². The average molecular weight is 397 g/mol. The zero-order valence-corrected chi connectivity index (χ0v) is 14.8. The van der Waals surface area contributed by atoms with Crippen LogP contribution in [-0.4, -0.2) is 26.0 Å². The molecule has 1 amide bonds. The first-order valence-corrected chi connectivity index (χ1v) is 8.56. The van der Waals surface area contributed by atoms with Gasteiger partial charge in [0.2, 0.25) is 11.0 Å². The molecule has 1 N–H and O–H groups in total. The predicted molar refractivity (Wildman–Crippen MR) is 103 cm³/mol. The molecule has 0 aliphatic rings. The third kappa shape index (κ3) is 4.59. The molecule has 0 fully saturated rings. The highest BCUT2D eigenvalue weighted by molar-refractivity contribution is 7.18. The molecule has 28 heavy (non-hydrogen) atoms. The number of carbonyl (C=O) groups excluding carboxylic acids is 1. The maximum atomic E-state index is 12.0. The Bertz CT molecular complexity index is 1080. The van der Waals surface area contributed by atoms with E-state index in [0.29, 0.717) is 16.1 Å². The first-order valence-electron chi connectivity index (χ1n) is 7.74. The molecule has 0 saturated heterocycles. The van der Waals surface area contributed by atoms with Crippen LogP contribution in [0.3, 0.4) is 0 Å². The standard InChI is InChI=1S/C17H11N5O5S/c23-15(9-4-11-2-1-3-14(10-11)22(26)27)18-17-20-19-16(28-17)12-5-7-13(8-6-12)21(24)25/h1-10H,(H,18,20,23)/b9-4+. The number of rotatable bonds is 6. The Labute approximate surface area is 161 Å². The van der Waals surface area contributed by atoms with E-state index in [1.165, 1.54) is 42.5 Å². The lowest BCUT2D eigenvalue weighted by molar-refractivity contribution is -0.385. The molecule has 2 aromatic carbocycles. The number of carbonyl (C=O) groups is 1. The van der Waals surface area contributed by atoms with E-state index >= 15 is 0 Å².